The van der Waals surface area contributed by atoms with Gasteiger partial charge in [-0.1, -0.05) is 19.1 Å². The van der Waals surface area contributed by atoms with Gasteiger partial charge in [0.2, 0.25) is 0 Å². The fraction of sp³-hybridized carbons (Fsp3) is 0.263. The van der Waals surface area contributed by atoms with Gasteiger partial charge in [0.15, 0.2) is 6.61 Å². The number of benzene rings is 1. The third-order valence-corrected chi connectivity index (χ3v) is 4.28. The van der Waals surface area contributed by atoms with Gasteiger partial charge in [0.1, 0.15) is 11.4 Å². The Labute approximate surface area is 155 Å². The van der Waals surface area contributed by atoms with E-state index >= 15 is 0 Å². The van der Waals surface area contributed by atoms with E-state index in [1.54, 1.807) is 0 Å². The van der Waals surface area contributed by atoms with Crippen LogP contribution in [-0.4, -0.2) is 26.6 Å². The fourth-order valence-corrected chi connectivity index (χ4v) is 2.70. The van der Waals surface area contributed by atoms with Gasteiger partial charge in [-0.3, -0.25) is 18.7 Å². The monoisotopic (exact) mass is 368 g/mol. The highest BCUT2D eigenvalue weighted by Crippen LogP contribution is 2.14. The second kappa shape index (κ2) is 7.45. The number of nitrogens with zero attached hydrogens (tertiary/aromatic N) is 3. The number of pyridine rings is 1. The van der Waals surface area contributed by atoms with E-state index in [4.69, 9.17) is 4.74 Å². The standard InChI is InChI=1S/C19H20N4O4/c1-4-12-5-7-14(8-6-12)27-11-16(24)21-13-9-15-17(20-10-13)22(2)19(26)23(3)18(15)25/h5-10H,4,11H2,1-3H3,(H,21,24). The minimum absolute atomic E-state index is 0.172. The van der Waals surface area contributed by atoms with Crippen LogP contribution in [0, 0.1) is 0 Å². The van der Waals surface area contributed by atoms with Crippen LogP contribution >= 0.6 is 0 Å². The molecule has 0 saturated heterocycles. The zero-order valence-electron chi connectivity index (χ0n) is 15.4. The molecule has 1 aromatic carbocycles. The number of rotatable bonds is 5. The number of ether oxygens (including phenoxy) is 1. The molecule has 0 radical (unpaired) electrons. The summed E-state index contributed by atoms with van der Waals surface area (Å²) >= 11 is 0. The average Bonchev–Trinajstić information content (AvgIpc) is 2.69. The second-order valence-electron chi connectivity index (χ2n) is 6.14. The summed E-state index contributed by atoms with van der Waals surface area (Å²) in [6.45, 7) is 1.89. The number of hydrogen-bond acceptors (Lipinski definition) is 5. The first kappa shape index (κ1) is 18.4. The van der Waals surface area contributed by atoms with E-state index in [0.29, 0.717) is 11.4 Å². The van der Waals surface area contributed by atoms with Gasteiger partial charge in [-0.25, -0.2) is 9.78 Å². The van der Waals surface area contributed by atoms with Crippen LogP contribution in [0.2, 0.25) is 0 Å². The first-order valence-corrected chi connectivity index (χ1v) is 8.48. The molecule has 0 fully saturated rings. The van der Waals surface area contributed by atoms with E-state index in [9.17, 15) is 14.4 Å². The third kappa shape index (κ3) is 3.74. The lowest BCUT2D eigenvalue weighted by molar-refractivity contribution is -0.118. The molecule has 3 rings (SSSR count). The van der Waals surface area contributed by atoms with E-state index in [1.807, 2.05) is 24.3 Å². The van der Waals surface area contributed by atoms with Crippen LogP contribution in [0.4, 0.5) is 5.69 Å². The Bertz CT molecular complexity index is 1110. The number of aromatic nitrogens is 3. The largest absolute Gasteiger partial charge is 0.484 e. The molecule has 3 aromatic rings. The van der Waals surface area contributed by atoms with Crippen LogP contribution in [0.25, 0.3) is 11.0 Å². The maximum absolute atomic E-state index is 12.3. The molecular formula is C19H20N4O4. The molecule has 8 nitrogen and oxygen atoms in total. The highest BCUT2D eigenvalue weighted by atomic mass is 16.5. The van der Waals surface area contributed by atoms with E-state index in [1.165, 1.54) is 36.5 Å². The number of fused-ring (bicyclic) bond motifs is 1. The molecule has 2 aromatic heterocycles. The van der Waals surface area contributed by atoms with Gasteiger partial charge >= 0.3 is 5.69 Å². The highest BCUT2D eigenvalue weighted by molar-refractivity contribution is 5.93. The Morgan fingerprint density at radius 2 is 1.85 bits per heavy atom. The smallest absolute Gasteiger partial charge is 0.332 e. The van der Waals surface area contributed by atoms with E-state index < -0.39 is 11.2 Å². The molecule has 0 spiro atoms. The van der Waals surface area contributed by atoms with Crippen LogP contribution in [0.1, 0.15) is 12.5 Å². The van der Waals surface area contributed by atoms with Crippen LogP contribution in [-0.2, 0) is 25.3 Å². The Balaban J connectivity index is 1.75. The number of carbonyl (C=O) groups excluding carboxylic acids is 1. The molecule has 140 valence electrons. The topological polar surface area (TPSA) is 95.2 Å². The number of nitrogens with one attached hydrogen (secondary N) is 1. The molecule has 1 amide bonds. The van der Waals surface area contributed by atoms with Crippen molar-refractivity contribution in [3.63, 3.8) is 0 Å². The van der Waals surface area contributed by atoms with Gasteiger partial charge in [-0.2, -0.15) is 0 Å². The minimum Gasteiger partial charge on any atom is -0.484 e. The number of carbonyl (C=O) groups is 1. The third-order valence-electron chi connectivity index (χ3n) is 4.28. The summed E-state index contributed by atoms with van der Waals surface area (Å²) < 4.78 is 7.74. The molecule has 0 aliphatic rings. The van der Waals surface area contributed by atoms with Crippen molar-refractivity contribution in [2.24, 2.45) is 14.1 Å². The van der Waals surface area contributed by atoms with Crippen LogP contribution in [0.3, 0.4) is 0 Å². The van der Waals surface area contributed by atoms with E-state index in [2.05, 4.69) is 17.2 Å². The Kier molecular flexibility index (Phi) is 5.07. The molecular weight excluding hydrogens is 348 g/mol. The van der Waals surface area contributed by atoms with Gasteiger partial charge in [0.25, 0.3) is 11.5 Å². The van der Waals surface area contributed by atoms with Gasteiger partial charge in [-0.05, 0) is 30.2 Å². The van der Waals surface area contributed by atoms with Gasteiger partial charge in [0.05, 0.1) is 17.3 Å². The molecule has 2 heterocycles. The predicted molar refractivity (Wildman–Crippen MR) is 102 cm³/mol. The van der Waals surface area contributed by atoms with Crippen molar-refractivity contribution in [2.75, 3.05) is 11.9 Å². The van der Waals surface area contributed by atoms with Crippen molar-refractivity contribution >= 4 is 22.6 Å². The molecule has 0 bridgehead atoms. The molecule has 0 unspecified atom stereocenters. The quantitative estimate of drug-likeness (QED) is 0.730. The lowest BCUT2D eigenvalue weighted by Crippen LogP contribution is -2.37. The lowest BCUT2D eigenvalue weighted by atomic mass is 10.2. The van der Waals surface area contributed by atoms with Crippen molar-refractivity contribution in [1.82, 2.24) is 14.1 Å². The molecule has 0 aliphatic carbocycles. The molecule has 8 heteroatoms. The van der Waals surface area contributed by atoms with Crippen molar-refractivity contribution in [3.05, 3.63) is 62.9 Å². The molecule has 0 saturated carbocycles. The van der Waals surface area contributed by atoms with Crippen molar-refractivity contribution in [1.29, 1.82) is 0 Å². The first-order valence-electron chi connectivity index (χ1n) is 8.48. The number of hydrogen-bond donors (Lipinski definition) is 1. The number of anilines is 1. The summed E-state index contributed by atoms with van der Waals surface area (Å²) in [6.07, 6.45) is 2.33. The average molecular weight is 368 g/mol. The summed E-state index contributed by atoms with van der Waals surface area (Å²) in [5.74, 6) is 0.222. The van der Waals surface area contributed by atoms with E-state index in [0.717, 1.165) is 11.0 Å². The van der Waals surface area contributed by atoms with Gasteiger partial charge in [0, 0.05) is 14.1 Å². The molecule has 0 aliphatic heterocycles. The molecule has 27 heavy (non-hydrogen) atoms. The van der Waals surface area contributed by atoms with Crippen LogP contribution < -0.4 is 21.3 Å². The van der Waals surface area contributed by atoms with E-state index in [-0.39, 0.29) is 23.5 Å². The molecule has 0 atom stereocenters. The molecule has 1 N–H and O–H groups in total. The predicted octanol–water partition coefficient (Wildman–Crippen LogP) is 1.21. The highest BCUT2D eigenvalue weighted by Gasteiger charge is 2.11. The Hall–Kier alpha value is -3.42. The zero-order valence-corrected chi connectivity index (χ0v) is 15.4. The fourth-order valence-electron chi connectivity index (χ4n) is 2.70. The van der Waals surface area contributed by atoms with Crippen molar-refractivity contribution < 1.29 is 9.53 Å². The number of aryl methyl sites for hydroxylation is 2. The van der Waals surface area contributed by atoms with Crippen molar-refractivity contribution in [3.8, 4) is 5.75 Å². The second-order valence-corrected chi connectivity index (χ2v) is 6.14. The first-order chi connectivity index (χ1) is 12.9. The summed E-state index contributed by atoms with van der Waals surface area (Å²) in [7, 11) is 2.93. The summed E-state index contributed by atoms with van der Waals surface area (Å²) in [4.78, 5) is 40.4. The van der Waals surface area contributed by atoms with Crippen LogP contribution in [0.15, 0.2) is 46.1 Å². The number of amides is 1. The van der Waals surface area contributed by atoms with Gasteiger partial charge in [-0.15, -0.1) is 0 Å². The summed E-state index contributed by atoms with van der Waals surface area (Å²) in [6, 6.07) is 9.01. The lowest BCUT2D eigenvalue weighted by Gasteiger charge is -2.10. The van der Waals surface area contributed by atoms with Crippen LogP contribution in [0.5, 0.6) is 5.75 Å². The Morgan fingerprint density at radius 1 is 1.15 bits per heavy atom. The summed E-state index contributed by atoms with van der Waals surface area (Å²) in [5, 5.41) is 2.89. The normalized spacial score (nSPS) is 10.8. The zero-order chi connectivity index (χ0) is 19.6. The maximum atomic E-state index is 12.3. The Morgan fingerprint density at radius 3 is 2.52 bits per heavy atom. The summed E-state index contributed by atoms with van der Waals surface area (Å²) in [5.41, 5.74) is 0.870. The SMILES string of the molecule is CCc1ccc(OCC(=O)Nc2cnc3c(c2)c(=O)n(C)c(=O)n3C)cc1. The minimum atomic E-state index is -0.469. The van der Waals surface area contributed by atoms with Gasteiger partial charge < -0.3 is 10.1 Å². The maximum Gasteiger partial charge on any atom is 0.332 e. The van der Waals surface area contributed by atoms with Crippen molar-refractivity contribution in [2.45, 2.75) is 13.3 Å².